The first-order valence-electron chi connectivity index (χ1n) is 6.93. The number of benzene rings is 2. The molecule has 4 heteroatoms. The monoisotopic (exact) mass is 340 g/mol. The zero-order valence-corrected chi connectivity index (χ0v) is 13.6. The third kappa shape index (κ3) is 3.37. The van der Waals surface area contributed by atoms with Crippen LogP contribution in [-0.4, -0.2) is 5.38 Å². The zero-order valence-electron chi connectivity index (χ0n) is 11.3. The summed E-state index contributed by atoms with van der Waals surface area (Å²) in [6.45, 7) is 0. The summed E-state index contributed by atoms with van der Waals surface area (Å²) in [5.41, 5.74) is 1.98. The van der Waals surface area contributed by atoms with Gasteiger partial charge in [0.2, 0.25) is 0 Å². The normalized spacial score (nSPS) is 25.8. The minimum atomic E-state index is -0.101. The van der Waals surface area contributed by atoms with Crippen molar-refractivity contribution in [1.29, 1.82) is 0 Å². The number of halogens is 3. The smallest absolute Gasteiger partial charge is 0.0861 e. The van der Waals surface area contributed by atoms with Gasteiger partial charge in [-0.1, -0.05) is 59.6 Å². The molecule has 2 aromatic carbocycles. The molecule has 0 saturated carbocycles. The van der Waals surface area contributed by atoms with E-state index in [0.29, 0.717) is 10.0 Å². The van der Waals surface area contributed by atoms with E-state index < -0.39 is 0 Å². The van der Waals surface area contributed by atoms with Crippen molar-refractivity contribution in [3.05, 3.63) is 69.7 Å². The van der Waals surface area contributed by atoms with Gasteiger partial charge in [0.1, 0.15) is 0 Å². The van der Waals surface area contributed by atoms with E-state index in [0.717, 1.165) is 24.0 Å². The van der Waals surface area contributed by atoms with Gasteiger partial charge in [-0.05, 0) is 36.1 Å². The average molecular weight is 342 g/mol. The Labute approximate surface area is 139 Å². The number of alkyl halides is 1. The molecule has 0 aliphatic carbocycles. The first-order valence-corrected chi connectivity index (χ1v) is 8.12. The quantitative estimate of drug-likeness (QED) is 0.591. The summed E-state index contributed by atoms with van der Waals surface area (Å²) in [5, 5.41) is 1.47. The molecule has 0 amide bonds. The molecule has 1 aliphatic rings. The lowest BCUT2D eigenvalue weighted by atomic mass is 9.94. The van der Waals surface area contributed by atoms with Gasteiger partial charge in [0.25, 0.3) is 0 Å². The lowest BCUT2D eigenvalue weighted by molar-refractivity contribution is -0.0515. The number of hydrogen-bond donors (Lipinski definition) is 0. The highest BCUT2D eigenvalue weighted by Gasteiger charge is 2.32. The molecule has 1 heterocycles. The summed E-state index contributed by atoms with van der Waals surface area (Å²) in [4.78, 5) is 0. The predicted octanol–water partition coefficient (Wildman–Crippen LogP) is 6.19. The summed E-state index contributed by atoms with van der Waals surface area (Å²) in [5.74, 6) is 0. The molecule has 0 N–H and O–H groups in total. The second-order valence-corrected chi connectivity index (χ2v) is 6.66. The SMILES string of the molecule is Clc1ccccc1C1CC(Cl)CC(c2ccccc2Cl)O1. The Hall–Kier alpha value is -0.730. The molecule has 3 rings (SSSR count). The zero-order chi connectivity index (χ0) is 14.8. The third-order valence-corrected chi connectivity index (χ3v) is 4.82. The Morgan fingerprint density at radius 3 is 1.62 bits per heavy atom. The van der Waals surface area contributed by atoms with Crippen molar-refractivity contribution < 1.29 is 4.74 Å². The number of hydrogen-bond acceptors (Lipinski definition) is 1. The minimum Gasteiger partial charge on any atom is -0.365 e. The van der Waals surface area contributed by atoms with Crippen LogP contribution in [0.4, 0.5) is 0 Å². The van der Waals surface area contributed by atoms with Gasteiger partial charge >= 0.3 is 0 Å². The van der Waals surface area contributed by atoms with Crippen LogP contribution >= 0.6 is 34.8 Å². The van der Waals surface area contributed by atoms with Crippen LogP contribution in [0.5, 0.6) is 0 Å². The average Bonchev–Trinajstić information content (AvgIpc) is 2.47. The van der Waals surface area contributed by atoms with E-state index in [9.17, 15) is 0 Å². The van der Waals surface area contributed by atoms with Gasteiger partial charge in [0.15, 0.2) is 0 Å². The van der Waals surface area contributed by atoms with Gasteiger partial charge in [0.05, 0.1) is 12.2 Å². The summed E-state index contributed by atoms with van der Waals surface area (Å²) in [6.07, 6.45) is 1.31. The Kier molecular flexibility index (Phi) is 4.75. The van der Waals surface area contributed by atoms with Crippen LogP contribution in [0.1, 0.15) is 36.2 Å². The van der Waals surface area contributed by atoms with Crippen molar-refractivity contribution >= 4 is 34.8 Å². The van der Waals surface area contributed by atoms with Gasteiger partial charge in [-0.2, -0.15) is 0 Å². The van der Waals surface area contributed by atoms with Crippen LogP contribution in [0.2, 0.25) is 10.0 Å². The van der Waals surface area contributed by atoms with E-state index in [1.54, 1.807) is 0 Å². The van der Waals surface area contributed by atoms with Crippen LogP contribution in [0.15, 0.2) is 48.5 Å². The maximum atomic E-state index is 6.44. The van der Waals surface area contributed by atoms with Crippen LogP contribution in [0.3, 0.4) is 0 Å². The third-order valence-electron chi connectivity index (χ3n) is 3.77. The maximum absolute atomic E-state index is 6.44. The van der Waals surface area contributed by atoms with Gasteiger partial charge in [-0.25, -0.2) is 0 Å². The Morgan fingerprint density at radius 1 is 0.762 bits per heavy atom. The molecule has 0 aromatic heterocycles. The predicted molar refractivity (Wildman–Crippen MR) is 88.3 cm³/mol. The Morgan fingerprint density at radius 2 is 1.19 bits per heavy atom. The number of ether oxygens (including phenoxy) is 1. The molecule has 2 aromatic rings. The molecule has 0 radical (unpaired) electrons. The van der Waals surface area contributed by atoms with Crippen molar-refractivity contribution in [2.75, 3.05) is 0 Å². The largest absolute Gasteiger partial charge is 0.365 e. The molecule has 2 unspecified atom stereocenters. The van der Waals surface area contributed by atoms with E-state index in [2.05, 4.69) is 0 Å². The molecule has 0 bridgehead atoms. The van der Waals surface area contributed by atoms with Crippen molar-refractivity contribution in [2.24, 2.45) is 0 Å². The molecule has 110 valence electrons. The van der Waals surface area contributed by atoms with Crippen molar-refractivity contribution in [3.63, 3.8) is 0 Å². The second kappa shape index (κ2) is 6.58. The summed E-state index contributed by atoms with van der Waals surface area (Å²) in [6, 6.07) is 15.5. The summed E-state index contributed by atoms with van der Waals surface area (Å²) >= 11 is 19.0. The van der Waals surface area contributed by atoms with E-state index in [-0.39, 0.29) is 17.6 Å². The first-order chi connectivity index (χ1) is 10.1. The molecule has 21 heavy (non-hydrogen) atoms. The molecule has 1 nitrogen and oxygen atoms in total. The fraction of sp³-hybridized carbons (Fsp3) is 0.294. The fourth-order valence-electron chi connectivity index (χ4n) is 2.74. The highest BCUT2D eigenvalue weighted by atomic mass is 35.5. The second-order valence-electron chi connectivity index (χ2n) is 5.23. The van der Waals surface area contributed by atoms with Crippen molar-refractivity contribution in [2.45, 2.75) is 30.4 Å². The highest BCUT2D eigenvalue weighted by Crippen LogP contribution is 2.43. The van der Waals surface area contributed by atoms with E-state index in [4.69, 9.17) is 39.5 Å². The first kappa shape index (κ1) is 15.2. The molecule has 1 aliphatic heterocycles. The van der Waals surface area contributed by atoms with Crippen LogP contribution in [0.25, 0.3) is 0 Å². The Balaban J connectivity index is 1.89. The molecular weight excluding hydrogens is 327 g/mol. The molecule has 0 spiro atoms. The topological polar surface area (TPSA) is 9.23 Å². The van der Waals surface area contributed by atoms with Gasteiger partial charge in [-0.15, -0.1) is 11.6 Å². The fourth-order valence-corrected chi connectivity index (χ4v) is 3.58. The van der Waals surface area contributed by atoms with Crippen LogP contribution in [0, 0.1) is 0 Å². The standard InChI is InChI=1S/C17H15Cl3O/c18-11-9-16(12-5-1-3-7-14(12)19)21-17(10-11)13-6-2-4-8-15(13)20/h1-8,11,16-17H,9-10H2. The number of rotatable bonds is 2. The summed E-state index contributed by atoms with van der Waals surface area (Å²) < 4.78 is 6.24. The highest BCUT2D eigenvalue weighted by molar-refractivity contribution is 6.31. The van der Waals surface area contributed by atoms with E-state index >= 15 is 0 Å². The van der Waals surface area contributed by atoms with Crippen LogP contribution in [-0.2, 0) is 4.74 Å². The van der Waals surface area contributed by atoms with Crippen molar-refractivity contribution in [1.82, 2.24) is 0 Å². The molecule has 1 fully saturated rings. The lowest BCUT2D eigenvalue weighted by Gasteiger charge is -2.34. The maximum Gasteiger partial charge on any atom is 0.0861 e. The van der Waals surface area contributed by atoms with Gasteiger partial charge in [-0.3, -0.25) is 0 Å². The molecule has 2 atom stereocenters. The molecule has 1 saturated heterocycles. The van der Waals surface area contributed by atoms with E-state index in [1.807, 2.05) is 48.5 Å². The summed E-state index contributed by atoms with van der Waals surface area (Å²) in [7, 11) is 0. The van der Waals surface area contributed by atoms with E-state index in [1.165, 1.54) is 0 Å². The Bertz CT molecular complexity index is 575. The van der Waals surface area contributed by atoms with Gasteiger partial charge in [0, 0.05) is 15.4 Å². The minimum absolute atomic E-state index is 0.0429. The van der Waals surface area contributed by atoms with Crippen LogP contribution < -0.4 is 0 Å². The van der Waals surface area contributed by atoms with Gasteiger partial charge < -0.3 is 4.74 Å². The molecular formula is C17H15Cl3O. The lowest BCUT2D eigenvalue weighted by Crippen LogP contribution is -2.24. The van der Waals surface area contributed by atoms with Crippen molar-refractivity contribution in [3.8, 4) is 0 Å².